The molecule has 0 radical (unpaired) electrons. The zero-order chi connectivity index (χ0) is 13.9. The van der Waals surface area contributed by atoms with Gasteiger partial charge in [-0.25, -0.2) is 0 Å². The van der Waals surface area contributed by atoms with Crippen LogP contribution in [0, 0.1) is 10.1 Å². The molecule has 2 rings (SSSR count). The van der Waals surface area contributed by atoms with E-state index in [0.29, 0.717) is 4.88 Å². The van der Waals surface area contributed by atoms with E-state index in [0.717, 1.165) is 12.1 Å². The molecule has 1 heterocycles. The van der Waals surface area contributed by atoms with Gasteiger partial charge in [0.15, 0.2) is 0 Å². The number of rotatable bonds is 4. The fourth-order valence-corrected chi connectivity index (χ4v) is 2.79. The van der Waals surface area contributed by atoms with Gasteiger partial charge in [-0.05, 0) is 23.6 Å². The lowest BCUT2D eigenvalue weighted by atomic mass is 10.3. The summed E-state index contributed by atoms with van der Waals surface area (Å²) in [4.78, 5) is 10.5. The summed E-state index contributed by atoms with van der Waals surface area (Å²) in [6.45, 7) is 0. The van der Waals surface area contributed by atoms with Crippen LogP contribution >= 0.6 is 11.3 Å². The van der Waals surface area contributed by atoms with Gasteiger partial charge in [0.2, 0.25) is 0 Å². The van der Waals surface area contributed by atoms with Crippen LogP contribution in [0.25, 0.3) is 0 Å². The first kappa shape index (κ1) is 13.4. The minimum absolute atomic E-state index is 0.0779. The standard InChI is InChI=1S/C11H8N2O4S2/c14-13(15)9-3-5-11(6-4-9)19(16,17)12-8-10-2-1-7-18-10/h1-8H/b12-8+. The van der Waals surface area contributed by atoms with Crippen molar-refractivity contribution in [2.24, 2.45) is 4.40 Å². The first-order chi connectivity index (χ1) is 8.99. The lowest BCUT2D eigenvalue weighted by Gasteiger charge is -1.97. The summed E-state index contributed by atoms with van der Waals surface area (Å²) < 4.78 is 27.2. The Labute approximate surface area is 113 Å². The highest BCUT2D eigenvalue weighted by Gasteiger charge is 2.13. The molecule has 2 aromatic rings. The molecule has 0 aliphatic carbocycles. The largest absolute Gasteiger partial charge is 0.282 e. The summed E-state index contributed by atoms with van der Waals surface area (Å²) in [5, 5.41) is 12.3. The van der Waals surface area contributed by atoms with Gasteiger partial charge < -0.3 is 0 Å². The zero-order valence-corrected chi connectivity index (χ0v) is 11.1. The van der Waals surface area contributed by atoms with Crippen molar-refractivity contribution >= 4 is 33.3 Å². The number of nitro groups is 1. The van der Waals surface area contributed by atoms with E-state index in [1.54, 1.807) is 17.5 Å². The third kappa shape index (κ3) is 3.24. The Morgan fingerprint density at radius 1 is 1.21 bits per heavy atom. The second-order valence-electron chi connectivity index (χ2n) is 3.48. The second-order valence-corrected chi connectivity index (χ2v) is 6.09. The highest BCUT2D eigenvalue weighted by Crippen LogP contribution is 2.17. The number of benzene rings is 1. The molecule has 0 aliphatic rings. The Morgan fingerprint density at radius 3 is 2.42 bits per heavy atom. The van der Waals surface area contributed by atoms with Crippen molar-refractivity contribution in [2.75, 3.05) is 0 Å². The van der Waals surface area contributed by atoms with Crippen molar-refractivity contribution in [1.82, 2.24) is 0 Å². The average Bonchev–Trinajstić information content (AvgIpc) is 2.90. The predicted molar refractivity (Wildman–Crippen MR) is 72.2 cm³/mol. The fraction of sp³-hybridized carbons (Fsp3) is 0. The SMILES string of the molecule is O=[N+]([O-])c1ccc(S(=O)(=O)/N=C/c2cccs2)cc1. The van der Waals surface area contributed by atoms with Gasteiger partial charge in [0.1, 0.15) is 0 Å². The summed E-state index contributed by atoms with van der Waals surface area (Å²) in [6.07, 6.45) is 1.25. The number of nitro benzene ring substituents is 1. The molecule has 0 aliphatic heterocycles. The van der Waals surface area contributed by atoms with E-state index in [2.05, 4.69) is 4.40 Å². The molecule has 98 valence electrons. The number of nitrogens with zero attached hydrogens (tertiary/aromatic N) is 2. The first-order valence-corrected chi connectivity index (χ1v) is 7.39. The van der Waals surface area contributed by atoms with Crippen LogP contribution in [0.3, 0.4) is 0 Å². The van der Waals surface area contributed by atoms with E-state index in [-0.39, 0.29) is 10.6 Å². The van der Waals surface area contributed by atoms with Crippen LogP contribution in [-0.2, 0) is 10.0 Å². The van der Waals surface area contributed by atoms with E-state index >= 15 is 0 Å². The van der Waals surface area contributed by atoms with Crippen molar-refractivity contribution in [1.29, 1.82) is 0 Å². The summed E-state index contributed by atoms with van der Waals surface area (Å²) in [5.41, 5.74) is -0.166. The highest BCUT2D eigenvalue weighted by atomic mass is 32.2. The van der Waals surface area contributed by atoms with E-state index in [9.17, 15) is 18.5 Å². The number of thiophene rings is 1. The van der Waals surface area contributed by atoms with Crippen molar-refractivity contribution < 1.29 is 13.3 Å². The summed E-state index contributed by atoms with van der Waals surface area (Å²) in [6, 6.07) is 8.11. The second kappa shape index (κ2) is 5.29. The molecule has 0 spiro atoms. The maximum Gasteiger partial charge on any atom is 0.282 e. The Hall–Kier alpha value is -2.06. The van der Waals surface area contributed by atoms with Crippen LogP contribution in [0.15, 0.2) is 51.1 Å². The smallest absolute Gasteiger partial charge is 0.258 e. The van der Waals surface area contributed by atoms with Crippen LogP contribution in [0.5, 0.6) is 0 Å². The Bertz CT molecular complexity index is 704. The molecular weight excluding hydrogens is 288 g/mol. The minimum Gasteiger partial charge on any atom is -0.258 e. The van der Waals surface area contributed by atoms with Gasteiger partial charge in [0.05, 0.1) is 16.0 Å². The van der Waals surface area contributed by atoms with Crippen molar-refractivity contribution in [2.45, 2.75) is 4.90 Å². The fourth-order valence-electron chi connectivity index (χ4n) is 1.29. The van der Waals surface area contributed by atoms with E-state index in [1.807, 2.05) is 0 Å². The quantitative estimate of drug-likeness (QED) is 0.492. The molecule has 0 amide bonds. The summed E-state index contributed by atoms with van der Waals surface area (Å²) in [5.74, 6) is 0. The molecule has 0 unspecified atom stereocenters. The predicted octanol–water partition coefficient (Wildman–Crippen LogP) is 2.46. The molecule has 0 bridgehead atoms. The van der Waals surface area contributed by atoms with Gasteiger partial charge in [-0.1, -0.05) is 6.07 Å². The third-order valence-electron chi connectivity index (χ3n) is 2.21. The topological polar surface area (TPSA) is 89.6 Å². The molecular formula is C11H8N2O4S2. The van der Waals surface area contributed by atoms with E-state index in [1.165, 1.54) is 29.7 Å². The Kier molecular flexibility index (Phi) is 3.72. The van der Waals surface area contributed by atoms with Gasteiger partial charge in [-0.15, -0.1) is 11.3 Å². The van der Waals surface area contributed by atoms with Crippen LogP contribution in [0.4, 0.5) is 5.69 Å². The average molecular weight is 296 g/mol. The van der Waals surface area contributed by atoms with E-state index in [4.69, 9.17) is 0 Å². The molecule has 1 aromatic heterocycles. The zero-order valence-electron chi connectivity index (χ0n) is 9.46. The van der Waals surface area contributed by atoms with Gasteiger partial charge >= 0.3 is 0 Å². The molecule has 19 heavy (non-hydrogen) atoms. The molecule has 0 N–H and O–H groups in total. The summed E-state index contributed by atoms with van der Waals surface area (Å²) >= 11 is 1.36. The number of hydrogen-bond donors (Lipinski definition) is 0. The van der Waals surface area contributed by atoms with Gasteiger partial charge in [-0.2, -0.15) is 12.8 Å². The first-order valence-electron chi connectivity index (χ1n) is 5.07. The molecule has 1 aromatic carbocycles. The normalized spacial score (nSPS) is 11.8. The molecule has 8 heteroatoms. The molecule has 0 atom stereocenters. The van der Waals surface area contributed by atoms with Crippen LogP contribution in [-0.4, -0.2) is 19.6 Å². The lowest BCUT2D eigenvalue weighted by Crippen LogP contribution is -1.98. The van der Waals surface area contributed by atoms with Crippen LogP contribution in [0.1, 0.15) is 4.88 Å². The van der Waals surface area contributed by atoms with Crippen molar-refractivity contribution in [3.05, 3.63) is 56.8 Å². The minimum atomic E-state index is -3.83. The van der Waals surface area contributed by atoms with E-state index < -0.39 is 14.9 Å². The van der Waals surface area contributed by atoms with Gasteiger partial charge in [0.25, 0.3) is 15.7 Å². The third-order valence-corrected chi connectivity index (χ3v) is 4.27. The van der Waals surface area contributed by atoms with Crippen LogP contribution in [0.2, 0.25) is 0 Å². The van der Waals surface area contributed by atoms with Gasteiger partial charge in [-0.3, -0.25) is 10.1 Å². The number of hydrogen-bond acceptors (Lipinski definition) is 5. The lowest BCUT2D eigenvalue weighted by molar-refractivity contribution is -0.384. The molecule has 0 saturated heterocycles. The van der Waals surface area contributed by atoms with Crippen molar-refractivity contribution in [3.63, 3.8) is 0 Å². The monoisotopic (exact) mass is 296 g/mol. The maximum absolute atomic E-state index is 11.8. The Balaban J connectivity index is 2.27. The molecule has 6 nitrogen and oxygen atoms in total. The summed E-state index contributed by atoms with van der Waals surface area (Å²) in [7, 11) is -3.83. The van der Waals surface area contributed by atoms with Crippen molar-refractivity contribution in [3.8, 4) is 0 Å². The highest BCUT2D eigenvalue weighted by molar-refractivity contribution is 7.90. The number of sulfonamides is 1. The maximum atomic E-state index is 11.8. The van der Waals surface area contributed by atoms with Gasteiger partial charge in [0, 0.05) is 17.0 Å². The number of non-ortho nitro benzene ring substituents is 1. The van der Waals surface area contributed by atoms with Crippen LogP contribution < -0.4 is 0 Å². The molecule has 0 saturated carbocycles. The Morgan fingerprint density at radius 2 is 1.89 bits per heavy atom. The molecule has 0 fully saturated rings.